The molecule has 15 heavy (non-hydrogen) atoms. The van der Waals surface area contributed by atoms with E-state index in [1.807, 2.05) is 6.92 Å². The Morgan fingerprint density at radius 1 is 1.53 bits per heavy atom. The van der Waals surface area contributed by atoms with Crippen LogP contribution in [-0.2, 0) is 12.7 Å². The van der Waals surface area contributed by atoms with Crippen LogP contribution in [0.3, 0.4) is 0 Å². The Labute approximate surface area is 94.6 Å². The van der Waals surface area contributed by atoms with Gasteiger partial charge in [0.2, 0.25) is 0 Å². The van der Waals surface area contributed by atoms with E-state index in [9.17, 15) is 13.2 Å². The summed E-state index contributed by atoms with van der Waals surface area (Å²) in [7, 11) is 0. The van der Waals surface area contributed by atoms with E-state index in [4.69, 9.17) is 0 Å². The molecule has 0 aliphatic carbocycles. The van der Waals surface area contributed by atoms with Crippen LogP contribution >= 0.6 is 15.9 Å². The van der Waals surface area contributed by atoms with Gasteiger partial charge in [-0.3, -0.25) is 4.68 Å². The van der Waals surface area contributed by atoms with Crippen LogP contribution in [0.15, 0.2) is 12.4 Å². The highest BCUT2D eigenvalue weighted by atomic mass is 79.9. The number of rotatable bonds is 4. The Balaban J connectivity index is 2.68. The van der Waals surface area contributed by atoms with E-state index in [2.05, 4.69) is 21.0 Å². The van der Waals surface area contributed by atoms with Gasteiger partial charge >= 0.3 is 6.18 Å². The number of nitrogens with zero attached hydrogens (tertiary/aromatic N) is 2. The molecule has 0 aliphatic heterocycles. The fourth-order valence-corrected chi connectivity index (χ4v) is 1.82. The van der Waals surface area contributed by atoms with Gasteiger partial charge in [-0.2, -0.15) is 18.3 Å². The molecule has 6 heteroatoms. The summed E-state index contributed by atoms with van der Waals surface area (Å²) in [5.74, 6) is 0.311. The first kappa shape index (κ1) is 12.5. The molecule has 1 unspecified atom stereocenters. The molecular weight excluding hydrogens is 273 g/mol. The van der Waals surface area contributed by atoms with E-state index < -0.39 is 11.7 Å². The number of hydrogen-bond donors (Lipinski definition) is 0. The molecule has 1 aromatic rings. The Bertz CT molecular complexity index is 305. The summed E-state index contributed by atoms with van der Waals surface area (Å²) in [5, 5.41) is 4.46. The Morgan fingerprint density at radius 3 is 2.60 bits per heavy atom. The van der Waals surface area contributed by atoms with Gasteiger partial charge in [-0.1, -0.05) is 29.3 Å². The largest absolute Gasteiger partial charge is 0.419 e. The molecule has 0 aromatic carbocycles. The number of halogens is 4. The second-order valence-electron chi connectivity index (χ2n) is 3.38. The molecule has 0 N–H and O–H groups in total. The van der Waals surface area contributed by atoms with Crippen molar-refractivity contribution in [1.29, 1.82) is 0 Å². The van der Waals surface area contributed by atoms with Crippen LogP contribution in [0.2, 0.25) is 0 Å². The van der Waals surface area contributed by atoms with Crippen molar-refractivity contribution in [2.24, 2.45) is 5.92 Å². The molecule has 86 valence electrons. The standard InChI is InChI=1S/C9H12BrF3N2/c1-2-7(3-10)5-15-6-8(4-14-15)9(11,12)13/h4,6-7H,2-3,5H2,1H3. The molecule has 0 amide bonds. The lowest BCUT2D eigenvalue weighted by atomic mass is 10.1. The summed E-state index contributed by atoms with van der Waals surface area (Å²) in [6.07, 6.45) is -1.48. The SMILES string of the molecule is CCC(CBr)Cn1cc(C(F)(F)F)cn1. The van der Waals surface area contributed by atoms with Crippen molar-refractivity contribution in [1.82, 2.24) is 9.78 Å². The monoisotopic (exact) mass is 284 g/mol. The zero-order valence-corrected chi connectivity index (χ0v) is 9.85. The summed E-state index contributed by atoms with van der Waals surface area (Å²) in [5.41, 5.74) is -0.688. The fourth-order valence-electron chi connectivity index (χ4n) is 1.16. The first-order valence-electron chi connectivity index (χ1n) is 4.63. The predicted octanol–water partition coefficient (Wildman–Crippen LogP) is 3.32. The number of alkyl halides is 4. The zero-order chi connectivity index (χ0) is 11.5. The third-order valence-electron chi connectivity index (χ3n) is 2.20. The molecular formula is C9H12BrF3N2. The van der Waals surface area contributed by atoms with Gasteiger partial charge in [-0.25, -0.2) is 0 Å². The van der Waals surface area contributed by atoms with Gasteiger partial charge in [0.1, 0.15) is 0 Å². The molecule has 1 aromatic heterocycles. The van der Waals surface area contributed by atoms with E-state index in [1.54, 1.807) is 0 Å². The summed E-state index contributed by atoms with van der Waals surface area (Å²) in [6, 6.07) is 0. The van der Waals surface area contributed by atoms with E-state index in [0.717, 1.165) is 24.1 Å². The molecule has 0 bridgehead atoms. The minimum absolute atomic E-state index is 0.311. The van der Waals surface area contributed by atoms with Crippen LogP contribution in [0.1, 0.15) is 18.9 Å². The van der Waals surface area contributed by atoms with Gasteiger partial charge in [0.25, 0.3) is 0 Å². The molecule has 0 radical (unpaired) electrons. The van der Waals surface area contributed by atoms with Crippen molar-refractivity contribution in [2.75, 3.05) is 5.33 Å². The smallest absolute Gasteiger partial charge is 0.272 e. The average molecular weight is 285 g/mol. The maximum absolute atomic E-state index is 12.2. The van der Waals surface area contributed by atoms with Gasteiger partial charge in [0.05, 0.1) is 11.8 Å². The second kappa shape index (κ2) is 5.01. The topological polar surface area (TPSA) is 17.8 Å². The Kier molecular flexibility index (Phi) is 4.19. The number of hydrogen-bond acceptors (Lipinski definition) is 1. The van der Waals surface area contributed by atoms with Crippen molar-refractivity contribution >= 4 is 15.9 Å². The molecule has 0 saturated carbocycles. The van der Waals surface area contributed by atoms with Crippen LogP contribution in [0, 0.1) is 5.92 Å². The second-order valence-corrected chi connectivity index (χ2v) is 4.02. The molecule has 0 aliphatic rings. The molecule has 0 spiro atoms. The Hall–Kier alpha value is -0.520. The minimum atomic E-state index is -4.30. The van der Waals surface area contributed by atoms with E-state index in [-0.39, 0.29) is 0 Å². The van der Waals surface area contributed by atoms with Crippen molar-refractivity contribution in [3.8, 4) is 0 Å². The fraction of sp³-hybridized carbons (Fsp3) is 0.667. The lowest BCUT2D eigenvalue weighted by molar-refractivity contribution is -0.137. The van der Waals surface area contributed by atoms with Gasteiger partial charge in [-0.15, -0.1) is 0 Å². The van der Waals surface area contributed by atoms with Crippen LogP contribution in [-0.4, -0.2) is 15.1 Å². The molecule has 0 saturated heterocycles. The minimum Gasteiger partial charge on any atom is -0.272 e. The van der Waals surface area contributed by atoms with Gasteiger partial charge in [0, 0.05) is 18.1 Å². The first-order valence-corrected chi connectivity index (χ1v) is 5.75. The average Bonchev–Trinajstić information content (AvgIpc) is 2.61. The molecule has 0 fully saturated rings. The van der Waals surface area contributed by atoms with Crippen molar-refractivity contribution in [2.45, 2.75) is 26.1 Å². The molecule has 1 atom stereocenters. The summed E-state index contributed by atoms with van der Waals surface area (Å²) in [4.78, 5) is 0. The van der Waals surface area contributed by atoms with Crippen molar-refractivity contribution in [3.05, 3.63) is 18.0 Å². The summed E-state index contributed by atoms with van der Waals surface area (Å²) in [6.45, 7) is 2.51. The molecule has 1 heterocycles. The van der Waals surface area contributed by atoms with E-state index >= 15 is 0 Å². The van der Waals surface area contributed by atoms with Gasteiger partial charge in [-0.05, 0) is 5.92 Å². The summed E-state index contributed by atoms with van der Waals surface area (Å²) >= 11 is 3.32. The van der Waals surface area contributed by atoms with E-state index in [0.29, 0.717) is 12.5 Å². The van der Waals surface area contributed by atoms with Crippen LogP contribution in [0.5, 0.6) is 0 Å². The lowest BCUT2D eigenvalue weighted by Crippen LogP contribution is -2.11. The highest BCUT2D eigenvalue weighted by Crippen LogP contribution is 2.28. The van der Waals surface area contributed by atoms with Crippen molar-refractivity contribution in [3.63, 3.8) is 0 Å². The number of aromatic nitrogens is 2. The van der Waals surface area contributed by atoms with Gasteiger partial charge < -0.3 is 0 Å². The molecule has 2 nitrogen and oxygen atoms in total. The maximum Gasteiger partial charge on any atom is 0.419 e. The third-order valence-corrected chi connectivity index (χ3v) is 3.12. The van der Waals surface area contributed by atoms with Crippen LogP contribution in [0.25, 0.3) is 0 Å². The molecule has 1 rings (SSSR count). The third kappa shape index (κ3) is 3.52. The quantitative estimate of drug-likeness (QED) is 0.776. The highest BCUT2D eigenvalue weighted by molar-refractivity contribution is 9.09. The van der Waals surface area contributed by atoms with Gasteiger partial charge in [0.15, 0.2) is 0 Å². The summed E-state index contributed by atoms with van der Waals surface area (Å²) < 4.78 is 38.1. The Morgan fingerprint density at radius 2 is 2.20 bits per heavy atom. The lowest BCUT2D eigenvalue weighted by Gasteiger charge is -2.10. The first-order chi connectivity index (χ1) is 6.97. The maximum atomic E-state index is 12.2. The highest BCUT2D eigenvalue weighted by Gasteiger charge is 2.32. The van der Waals surface area contributed by atoms with Crippen LogP contribution in [0.4, 0.5) is 13.2 Å². The van der Waals surface area contributed by atoms with E-state index in [1.165, 1.54) is 4.68 Å². The zero-order valence-electron chi connectivity index (χ0n) is 8.26. The van der Waals surface area contributed by atoms with Crippen molar-refractivity contribution < 1.29 is 13.2 Å². The van der Waals surface area contributed by atoms with Crippen LogP contribution < -0.4 is 0 Å². The predicted molar refractivity (Wildman–Crippen MR) is 54.8 cm³/mol. The normalized spacial score (nSPS) is 14.2.